The lowest BCUT2D eigenvalue weighted by Gasteiger charge is -2.36. The first-order valence-electron chi connectivity index (χ1n) is 11.7. The van der Waals surface area contributed by atoms with Gasteiger partial charge in [-0.05, 0) is 36.0 Å². The second-order valence-electron chi connectivity index (χ2n) is 8.90. The Morgan fingerprint density at radius 2 is 1.44 bits per heavy atom. The van der Waals surface area contributed by atoms with Gasteiger partial charge in [0, 0.05) is 29.3 Å². The molecule has 0 radical (unpaired) electrons. The number of rotatable bonds is 5. The van der Waals surface area contributed by atoms with Crippen LogP contribution in [0.2, 0.25) is 0 Å². The summed E-state index contributed by atoms with van der Waals surface area (Å²) < 4.78 is 5.72. The first kappa shape index (κ1) is 21.9. The zero-order valence-corrected chi connectivity index (χ0v) is 19.2. The number of Topliss-reactive ketones (excluding diaryl/α,β-unsaturated/α-hetero) is 1. The van der Waals surface area contributed by atoms with E-state index in [1.54, 1.807) is 0 Å². The van der Waals surface area contributed by atoms with E-state index in [0.29, 0.717) is 17.6 Å². The van der Waals surface area contributed by atoms with Crippen LogP contribution in [0.1, 0.15) is 48.3 Å². The van der Waals surface area contributed by atoms with Gasteiger partial charge >= 0.3 is 5.97 Å². The van der Waals surface area contributed by atoms with E-state index in [-0.39, 0.29) is 18.3 Å². The molecule has 4 nitrogen and oxygen atoms in total. The Labute approximate surface area is 200 Å². The fourth-order valence-electron chi connectivity index (χ4n) is 5.05. The van der Waals surface area contributed by atoms with Crippen molar-refractivity contribution in [3.05, 3.63) is 130 Å². The van der Waals surface area contributed by atoms with Gasteiger partial charge in [0.15, 0.2) is 5.78 Å². The van der Waals surface area contributed by atoms with Gasteiger partial charge in [-0.3, -0.25) is 4.79 Å². The fourth-order valence-corrected chi connectivity index (χ4v) is 5.05. The molecule has 1 heterocycles. The summed E-state index contributed by atoms with van der Waals surface area (Å²) in [4.78, 5) is 27.0. The molecule has 0 unspecified atom stereocenters. The van der Waals surface area contributed by atoms with Gasteiger partial charge in [0.2, 0.25) is 0 Å². The Kier molecular flexibility index (Phi) is 6.13. The van der Waals surface area contributed by atoms with Crippen LogP contribution in [0.15, 0.2) is 114 Å². The van der Waals surface area contributed by atoms with Crippen molar-refractivity contribution in [3.8, 4) is 0 Å². The molecule has 1 aliphatic carbocycles. The van der Waals surface area contributed by atoms with E-state index in [9.17, 15) is 9.59 Å². The Balaban J connectivity index is 1.50. The number of hydrogen-bond acceptors (Lipinski definition) is 4. The van der Waals surface area contributed by atoms with Crippen LogP contribution in [-0.4, -0.2) is 11.8 Å². The van der Waals surface area contributed by atoms with Crippen LogP contribution in [-0.2, 0) is 20.9 Å². The molecule has 3 aromatic rings. The monoisotopic (exact) mass is 449 g/mol. The van der Waals surface area contributed by atoms with E-state index in [1.807, 2.05) is 85.8 Å². The number of hydrogen-bond donors (Lipinski definition) is 1. The third-order valence-corrected chi connectivity index (χ3v) is 6.66. The summed E-state index contributed by atoms with van der Waals surface area (Å²) in [6.45, 7) is 2.09. The summed E-state index contributed by atoms with van der Waals surface area (Å²) in [5.41, 5.74) is 5.86. The molecule has 1 N–H and O–H groups in total. The molecular formula is C30H27NO3. The first-order valence-corrected chi connectivity index (χ1v) is 11.7. The van der Waals surface area contributed by atoms with Gasteiger partial charge in [-0.25, -0.2) is 4.79 Å². The molecule has 2 atom stereocenters. The second kappa shape index (κ2) is 9.52. The van der Waals surface area contributed by atoms with Gasteiger partial charge in [0.05, 0.1) is 5.57 Å². The highest BCUT2D eigenvalue weighted by molar-refractivity contribution is 6.04. The minimum Gasteiger partial charge on any atom is -0.457 e. The SMILES string of the molecule is CC1=C(C(=O)OCc2ccccc2)[C@H](c2ccccc2)C2=C(C[C@H](c3ccccc3)CC2=O)N1. The van der Waals surface area contributed by atoms with Crippen LogP contribution in [0.3, 0.4) is 0 Å². The van der Waals surface area contributed by atoms with Crippen LogP contribution in [0.25, 0.3) is 0 Å². The highest BCUT2D eigenvalue weighted by Crippen LogP contribution is 2.45. The number of ether oxygens (including phenoxy) is 1. The van der Waals surface area contributed by atoms with Crippen molar-refractivity contribution in [1.82, 2.24) is 5.32 Å². The van der Waals surface area contributed by atoms with Crippen LogP contribution >= 0.6 is 0 Å². The molecular weight excluding hydrogens is 422 g/mol. The maximum Gasteiger partial charge on any atom is 0.337 e. The van der Waals surface area contributed by atoms with Crippen LogP contribution < -0.4 is 5.32 Å². The smallest absolute Gasteiger partial charge is 0.337 e. The van der Waals surface area contributed by atoms with Crippen molar-refractivity contribution in [3.63, 3.8) is 0 Å². The average molecular weight is 450 g/mol. The molecule has 5 rings (SSSR count). The fraction of sp³-hybridized carbons (Fsp3) is 0.200. The van der Waals surface area contributed by atoms with E-state index in [2.05, 4.69) is 17.4 Å². The van der Waals surface area contributed by atoms with Crippen molar-refractivity contribution in [2.45, 2.75) is 38.2 Å². The number of nitrogens with one attached hydrogen (secondary N) is 1. The molecule has 34 heavy (non-hydrogen) atoms. The lowest BCUT2D eigenvalue weighted by atomic mass is 9.72. The maximum atomic E-state index is 13.6. The summed E-state index contributed by atoms with van der Waals surface area (Å²) in [7, 11) is 0. The third kappa shape index (κ3) is 4.32. The van der Waals surface area contributed by atoms with Crippen molar-refractivity contribution in [2.24, 2.45) is 0 Å². The zero-order valence-electron chi connectivity index (χ0n) is 19.2. The van der Waals surface area contributed by atoms with Gasteiger partial charge in [-0.1, -0.05) is 91.0 Å². The number of benzene rings is 3. The molecule has 3 aromatic carbocycles. The Bertz CT molecular complexity index is 1260. The molecule has 0 fully saturated rings. The molecule has 1 aliphatic heterocycles. The minimum atomic E-state index is -0.440. The molecule has 0 bridgehead atoms. The van der Waals surface area contributed by atoms with Gasteiger partial charge < -0.3 is 10.1 Å². The number of dihydropyridines is 1. The molecule has 0 amide bonds. The van der Waals surface area contributed by atoms with E-state index < -0.39 is 11.9 Å². The lowest BCUT2D eigenvalue weighted by Crippen LogP contribution is -2.36. The van der Waals surface area contributed by atoms with E-state index in [0.717, 1.165) is 34.5 Å². The maximum absolute atomic E-state index is 13.6. The van der Waals surface area contributed by atoms with Gasteiger partial charge in [0.1, 0.15) is 6.61 Å². The van der Waals surface area contributed by atoms with Crippen molar-refractivity contribution in [2.75, 3.05) is 0 Å². The Hall–Kier alpha value is -3.92. The number of ketones is 1. The number of allylic oxidation sites excluding steroid dienone is 3. The van der Waals surface area contributed by atoms with Gasteiger partial charge in [-0.15, -0.1) is 0 Å². The Morgan fingerprint density at radius 3 is 2.09 bits per heavy atom. The minimum absolute atomic E-state index is 0.0808. The topological polar surface area (TPSA) is 55.4 Å². The standard InChI is InChI=1S/C30H27NO3/c1-20-27(30(33)34-19-21-11-5-2-6-12-21)28(23-15-9-4-10-16-23)29-25(31-20)17-24(18-26(29)32)22-13-7-3-8-14-22/h2-16,24,28,31H,17-19H2,1H3/t24-,28-/m0/s1. The highest BCUT2D eigenvalue weighted by atomic mass is 16.5. The summed E-state index contributed by atoms with van der Waals surface area (Å²) in [6, 6.07) is 29.6. The molecule has 0 saturated carbocycles. The molecule has 0 spiro atoms. The number of carbonyl (C=O) groups excluding carboxylic acids is 2. The van der Waals surface area contributed by atoms with E-state index >= 15 is 0 Å². The van der Waals surface area contributed by atoms with Crippen molar-refractivity contribution in [1.29, 1.82) is 0 Å². The van der Waals surface area contributed by atoms with Crippen LogP contribution in [0.5, 0.6) is 0 Å². The lowest BCUT2D eigenvalue weighted by molar-refractivity contribution is -0.140. The largest absolute Gasteiger partial charge is 0.457 e. The summed E-state index contributed by atoms with van der Waals surface area (Å²) >= 11 is 0. The van der Waals surface area contributed by atoms with Gasteiger partial charge in [0.25, 0.3) is 0 Å². The molecule has 2 aliphatic rings. The first-order chi connectivity index (χ1) is 16.6. The third-order valence-electron chi connectivity index (χ3n) is 6.66. The molecule has 4 heteroatoms. The summed E-state index contributed by atoms with van der Waals surface area (Å²) in [5.74, 6) is -0.634. The van der Waals surface area contributed by atoms with Crippen LogP contribution in [0.4, 0.5) is 0 Å². The van der Waals surface area contributed by atoms with E-state index in [4.69, 9.17) is 4.74 Å². The van der Waals surface area contributed by atoms with Crippen molar-refractivity contribution < 1.29 is 14.3 Å². The normalized spacial score (nSPS) is 20.0. The highest BCUT2D eigenvalue weighted by Gasteiger charge is 2.41. The van der Waals surface area contributed by atoms with Crippen molar-refractivity contribution >= 4 is 11.8 Å². The van der Waals surface area contributed by atoms with E-state index in [1.165, 1.54) is 0 Å². The summed E-state index contributed by atoms with van der Waals surface area (Å²) in [5, 5.41) is 3.41. The predicted octanol–water partition coefficient (Wildman–Crippen LogP) is 5.79. The van der Waals surface area contributed by atoms with Gasteiger partial charge in [-0.2, -0.15) is 0 Å². The molecule has 170 valence electrons. The number of carbonyl (C=O) groups is 2. The molecule has 0 aromatic heterocycles. The quantitative estimate of drug-likeness (QED) is 0.501. The summed E-state index contributed by atoms with van der Waals surface area (Å²) in [6.07, 6.45) is 1.16. The molecule has 0 saturated heterocycles. The second-order valence-corrected chi connectivity index (χ2v) is 8.90. The predicted molar refractivity (Wildman–Crippen MR) is 132 cm³/mol. The average Bonchev–Trinajstić information content (AvgIpc) is 2.88. The zero-order chi connectivity index (χ0) is 23.5. The Morgan fingerprint density at radius 1 is 0.853 bits per heavy atom. The number of esters is 1. The van der Waals surface area contributed by atoms with Crippen LogP contribution in [0, 0.1) is 0 Å².